The molecule has 2 aromatic rings. The van der Waals surface area contributed by atoms with Gasteiger partial charge in [-0.1, -0.05) is 0 Å². The number of fused-ring (bicyclic) bond motifs is 1. The highest BCUT2D eigenvalue weighted by molar-refractivity contribution is 7.18. The van der Waals surface area contributed by atoms with E-state index in [1.54, 1.807) is 23.5 Å². The van der Waals surface area contributed by atoms with Crippen LogP contribution in [-0.4, -0.2) is 10.5 Å². The van der Waals surface area contributed by atoms with E-state index in [1.165, 1.54) is 6.07 Å². The summed E-state index contributed by atoms with van der Waals surface area (Å²) >= 11 is 1.57. The number of thiazole rings is 1. The maximum Gasteiger partial charge on any atom is 0.124 e. The van der Waals surface area contributed by atoms with Crippen molar-refractivity contribution in [3.8, 4) is 0 Å². The molecule has 1 aliphatic carbocycles. The first-order valence-electron chi connectivity index (χ1n) is 5.49. The highest BCUT2D eigenvalue weighted by Crippen LogP contribution is 2.37. The molecular formula is C12H13FN2S. The molecule has 1 fully saturated rings. The van der Waals surface area contributed by atoms with Crippen LogP contribution in [0.25, 0.3) is 10.2 Å². The van der Waals surface area contributed by atoms with Gasteiger partial charge in [0.05, 0.1) is 15.2 Å². The molecule has 3 rings (SSSR count). The lowest BCUT2D eigenvalue weighted by Crippen LogP contribution is -2.21. The summed E-state index contributed by atoms with van der Waals surface area (Å²) in [5, 5.41) is 1.07. The highest BCUT2D eigenvalue weighted by Gasteiger charge is 2.37. The molecule has 0 radical (unpaired) electrons. The summed E-state index contributed by atoms with van der Waals surface area (Å²) < 4.78 is 13.9. The summed E-state index contributed by atoms with van der Waals surface area (Å²) in [4.78, 5) is 4.48. The number of nitrogens with two attached hydrogens (primary N) is 1. The van der Waals surface area contributed by atoms with E-state index in [4.69, 9.17) is 5.73 Å². The molecule has 1 aromatic carbocycles. The van der Waals surface area contributed by atoms with Crippen LogP contribution in [0, 0.1) is 5.82 Å². The van der Waals surface area contributed by atoms with E-state index < -0.39 is 0 Å². The van der Waals surface area contributed by atoms with Crippen LogP contribution in [0.2, 0.25) is 0 Å². The largest absolute Gasteiger partial charge is 0.325 e. The zero-order valence-corrected chi connectivity index (χ0v) is 9.69. The zero-order valence-electron chi connectivity index (χ0n) is 8.87. The number of aromatic nitrogens is 1. The van der Waals surface area contributed by atoms with Crippen molar-refractivity contribution in [3.05, 3.63) is 29.0 Å². The van der Waals surface area contributed by atoms with Crippen LogP contribution < -0.4 is 5.73 Å². The van der Waals surface area contributed by atoms with E-state index in [1.807, 2.05) is 0 Å². The third kappa shape index (κ3) is 1.95. The average Bonchev–Trinajstić information content (AvgIpc) is 2.85. The van der Waals surface area contributed by atoms with Gasteiger partial charge in [-0.05, 0) is 37.5 Å². The maximum atomic E-state index is 13.0. The molecule has 4 heteroatoms. The molecule has 0 saturated heterocycles. The summed E-state index contributed by atoms with van der Waals surface area (Å²) in [7, 11) is 0. The summed E-state index contributed by atoms with van der Waals surface area (Å²) in [6.07, 6.45) is 4.17. The van der Waals surface area contributed by atoms with Crippen molar-refractivity contribution < 1.29 is 4.39 Å². The molecule has 1 heterocycles. The minimum atomic E-state index is -0.194. The van der Waals surface area contributed by atoms with Gasteiger partial charge in [0.15, 0.2) is 0 Å². The number of benzene rings is 1. The molecular weight excluding hydrogens is 223 g/mol. The smallest absolute Gasteiger partial charge is 0.124 e. The van der Waals surface area contributed by atoms with Gasteiger partial charge < -0.3 is 5.73 Å². The Bertz CT molecular complexity index is 531. The fourth-order valence-electron chi connectivity index (χ4n) is 1.82. The molecule has 2 nitrogen and oxygen atoms in total. The maximum absolute atomic E-state index is 13.0. The lowest BCUT2D eigenvalue weighted by Gasteiger charge is -2.04. The van der Waals surface area contributed by atoms with Gasteiger partial charge in [0.1, 0.15) is 5.82 Å². The molecule has 1 aliphatic rings. The van der Waals surface area contributed by atoms with E-state index in [2.05, 4.69) is 4.98 Å². The van der Waals surface area contributed by atoms with Crippen LogP contribution in [0.1, 0.15) is 24.3 Å². The van der Waals surface area contributed by atoms with Gasteiger partial charge in [-0.2, -0.15) is 0 Å². The van der Waals surface area contributed by atoms with Gasteiger partial charge in [0, 0.05) is 12.0 Å². The first-order chi connectivity index (χ1) is 7.65. The van der Waals surface area contributed by atoms with Crippen LogP contribution in [0.3, 0.4) is 0 Å². The topological polar surface area (TPSA) is 38.9 Å². The second-order valence-electron chi connectivity index (χ2n) is 4.58. The SMILES string of the molecule is NC1(CCc2nc3ccc(F)cc3s2)CC1. The van der Waals surface area contributed by atoms with Crippen molar-refractivity contribution >= 4 is 21.6 Å². The lowest BCUT2D eigenvalue weighted by atomic mass is 10.1. The minimum absolute atomic E-state index is 0.0725. The summed E-state index contributed by atoms with van der Waals surface area (Å²) in [5.74, 6) is -0.194. The fraction of sp³-hybridized carbons (Fsp3) is 0.417. The second-order valence-corrected chi connectivity index (χ2v) is 5.70. The van der Waals surface area contributed by atoms with E-state index in [0.29, 0.717) is 0 Å². The van der Waals surface area contributed by atoms with Crippen LogP contribution >= 0.6 is 11.3 Å². The Morgan fingerprint density at radius 3 is 3.00 bits per heavy atom. The molecule has 0 aliphatic heterocycles. The quantitative estimate of drug-likeness (QED) is 0.890. The van der Waals surface area contributed by atoms with E-state index in [-0.39, 0.29) is 11.4 Å². The Kier molecular flexibility index (Phi) is 2.23. The zero-order chi connectivity index (χ0) is 11.2. The number of hydrogen-bond acceptors (Lipinski definition) is 3. The Labute approximate surface area is 97.3 Å². The van der Waals surface area contributed by atoms with Crippen LogP contribution in [-0.2, 0) is 6.42 Å². The molecule has 16 heavy (non-hydrogen) atoms. The molecule has 1 saturated carbocycles. The third-order valence-electron chi connectivity index (χ3n) is 3.12. The normalized spacial score (nSPS) is 17.9. The Morgan fingerprint density at radius 1 is 1.44 bits per heavy atom. The van der Waals surface area contributed by atoms with Gasteiger partial charge in [0.25, 0.3) is 0 Å². The fourth-order valence-corrected chi connectivity index (χ4v) is 2.81. The molecule has 0 unspecified atom stereocenters. The van der Waals surface area contributed by atoms with Gasteiger partial charge >= 0.3 is 0 Å². The van der Waals surface area contributed by atoms with Crippen molar-refractivity contribution in [2.24, 2.45) is 5.73 Å². The number of hydrogen-bond donors (Lipinski definition) is 1. The average molecular weight is 236 g/mol. The standard InChI is InChI=1S/C12H13FN2S/c13-8-1-2-9-10(7-8)16-11(15-9)3-4-12(14)5-6-12/h1-2,7H,3-6,14H2. The van der Waals surface area contributed by atoms with Crippen molar-refractivity contribution in [1.29, 1.82) is 0 Å². The number of rotatable bonds is 3. The predicted octanol–water partition coefficient (Wildman–Crippen LogP) is 2.86. The molecule has 0 atom stereocenters. The monoisotopic (exact) mass is 236 g/mol. The van der Waals surface area contributed by atoms with Crippen LogP contribution in [0.5, 0.6) is 0 Å². The van der Waals surface area contributed by atoms with Crippen molar-refractivity contribution in [2.75, 3.05) is 0 Å². The predicted molar refractivity (Wildman–Crippen MR) is 64.1 cm³/mol. The Balaban J connectivity index is 1.82. The molecule has 0 spiro atoms. The van der Waals surface area contributed by atoms with Gasteiger partial charge in [-0.15, -0.1) is 11.3 Å². The second kappa shape index (κ2) is 3.50. The molecule has 0 bridgehead atoms. The van der Waals surface area contributed by atoms with Crippen LogP contribution in [0.15, 0.2) is 18.2 Å². The molecule has 0 amide bonds. The van der Waals surface area contributed by atoms with Crippen molar-refractivity contribution in [3.63, 3.8) is 0 Å². The summed E-state index contributed by atoms with van der Waals surface area (Å²) in [5.41, 5.74) is 6.99. The first-order valence-corrected chi connectivity index (χ1v) is 6.30. The Morgan fingerprint density at radius 2 is 2.25 bits per heavy atom. The molecule has 84 valence electrons. The van der Waals surface area contributed by atoms with E-state index >= 15 is 0 Å². The summed E-state index contributed by atoms with van der Waals surface area (Å²) in [6, 6.07) is 4.74. The Hall–Kier alpha value is -1.000. The molecule has 1 aromatic heterocycles. The van der Waals surface area contributed by atoms with Crippen molar-refractivity contribution in [2.45, 2.75) is 31.2 Å². The minimum Gasteiger partial charge on any atom is -0.325 e. The van der Waals surface area contributed by atoms with Gasteiger partial charge in [-0.25, -0.2) is 9.37 Å². The van der Waals surface area contributed by atoms with E-state index in [0.717, 1.165) is 40.9 Å². The van der Waals surface area contributed by atoms with Gasteiger partial charge in [-0.3, -0.25) is 0 Å². The number of nitrogens with zero attached hydrogens (tertiary/aromatic N) is 1. The van der Waals surface area contributed by atoms with Gasteiger partial charge in [0.2, 0.25) is 0 Å². The third-order valence-corrected chi connectivity index (χ3v) is 4.20. The van der Waals surface area contributed by atoms with E-state index in [9.17, 15) is 4.39 Å². The lowest BCUT2D eigenvalue weighted by molar-refractivity contribution is 0.608. The number of aryl methyl sites for hydroxylation is 1. The number of halogens is 1. The first kappa shape index (κ1) is 10.2. The molecule has 2 N–H and O–H groups in total. The summed E-state index contributed by atoms with van der Waals surface area (Å²) in [6.45, 7) is 0. The van der Waals surface area contributed by atoms with Crippen molar-refractivity contribution in [1.82, 2.24) is 4.98 Å². The highest BCUT2D eigenvalue weighted by atomic mass is 32.1. The van der Waals surface area contributed by atoms with Crippen LogP contribution in [0.4, 0.5) is 4.39 Å².